The fraction of sp³-hybridized carbons (Fsp3) is 0.607. The highest BCUT2D eigenvalue weighted by atomic mass is 35.5. The highest BCUT2D eigenvalue weighted by molar-refractivity contribution is 6.20. The molecule has 36 heavy (non-hydrogen) atoms. The molecule has 1 aliphatic heterocycles. The van der Waals surface area contributed by atoms with Gasteiger partial charge in [0, 0.05) is 50.6 Å². The first-order chi connectivity index (χ1) is 17.3. The normalized spacial score (nSPS) is 18.5. The highest BCUT2D eigenvalue weighted by Gasteiger charge is 2.33. The maximum atomic E-state index is 12.8. The molecule has 1 aliphatic rings. The second kappa shape index (κ2) is 15.1. The number of hydrogen-bond donors (Lipinski definition) is 1. The smallest absolute Gasteiger partial charge is 0.276 e. The van der Waals surface area contributed by atoms with Crippen LogP contribution in [-0.2, 0) is 11.3 Å². The fourth-order valence-electron chi connectivity index (χ4n) is 4.55. The first-order valence-corrected chi connectivity index (χ1v) is 13.6. The van der Waals surface area contributed by atoms with E-state index in [1.54, 1.807) is 17.8 Å². The molecule has 1 aromatic carbocycles. The van der Waals surface area contributed by atoms with Crippen LogP contribution in [0.15, 0.2) is 41.3 Å². The third-order valence-electron chi connectivity index (χ3n) is 6.26. The summed E-state index contributed by atoms with van der Waals surface area (Å²) in [4.78, 5) is 22.8. The number of nitrogens with zero attached hydrogens (tertiary/aromatic N) is 4. The van der Waals surface area contributed by atoms with Gasteiger partial charge in [0.15, 0.2) is 5.52 Å². The van der Waals surface area contributed by atoms with Gasteiger partial charge >= 0.3 is 0 Å². The molecule has 4 rings (SSSR count). The second-order valence-electron chi connectivity index (χ2n) is 9.42. The fourth-order valence-corrected chi connectivity index (χ4v) is 4.55. The number of fused-ring (bicyclic) bond motifs is 1. The van der Waals surface area contributed by atoms with Crippen LogP contribution < -0.4 is 5.56 Å². The number of imidazole rings is 1. The highest BCUT2D eigenvalue weighted by Crippen LogP contribution is 2.31. The summed E-state index contributed by atoms with van der Waals surface area (Å²) in [5.41, 5.74) is 1.70. The van der Waals surface area contributed by atoms with E-state index in [0.717, 1.165) is 44.1 Å². The molecule has 1 fully saturated rings. The van der Waals surface area contributed by atoms with Gasteiger partial charge < -0.3 is 9.72 Å². The molecule has 1 N–H and O–H groups in total. The van der Waals surface area contributed by atoms with E-state index in [2.05, 4.69) is 53.0 Å². The van der Waals surface area contributed by atoms with E-state index in [4.69, 9.17) is 21.4 Å². The lowest BCUT2D eigenvalue weighted by Crippen LogP contribution is -2.23. The molecule has 1 saturated heterocycles. The van der Waals surface area contributed by atoms with Gasteiger partial charge in [-0.05, 0) is 38.2 Å². The summed E-state index contributed by atoms with van der Waals surface area (Å²) in [6.45, 7) is 15.7. The third kappa shape index (κ3) is 8.15. The average Bonchev–Trinajstić information content (AvgIpc) is 3.45. The van der Waals surface area contributed by atoms with E-state index in [0.29, 0.717) is 23.4 Å². The molecule has 3 aromatic rings. The predicted molar refractivity (Wildman–Crippen MR) is 149 cm³/mol. The van der Waals surface area contributed by atoms with Crippen molar-refractivity contribution < 1.29 is 4.74 Å². The first kappa shape index (κ1) is 30.0. The van der Waals surface area contributed by atoms with Crippen molar-refractivity contribution in [3.8, 4) is 0 Å². The number of methoxy groups -OCH3 is 1. The Bertz CT molecular complexity index is 1080. The Morgan fingerprint density at radius 2 is 1.86 bits per heavy atom. The molecular weight excluding hydrogens is 474 g/mol. The number of ether oxygens (including phenoxy) is 1. The summed E-state index contributed by atoms with van der Waals surface area (Å²) in [6, 6.07) is 10.5. The minimum atomic E-state index is -0.117. The van der Waals surface area contributed by atoms with Gasteiger partial charge in [-0.1, -0.05) is 58.0 Å². The van der Waals surface area contributed by atoms with Crippen molar-refractivity contribution in [2.75, 3.05) is 26.8 Å². The number of aromatic nitrogens is 4. The van der Waals surface area contributed by atoms with Crippen LogP contribution in [0.2, 0.25) is 0 Å². The van der Waals surface area contributed by atoms with Gasteiger partial charge in [-0.2, -0.15) is 5.10 Å². The van der Waals surface area contributed by atoms with Crippen LogP contribution in [0, 0.1) is 5.92 Å². The summed E-state index contributed by atoms with van der Waals surface area (Å²) < 4.78 is 7.03. The molecule has 0 spiro atoms. The number of aromatic amines is 1. The number of likely N-dealkylation sites (tertiary alicyclic amines) is 1. The second-order valence-corrected chi connectivity index (χ2v) is 10.3. The van der Waals surface area contributed by atoms with Crippen LogP contribution >= 0.6 is 11.6 Å². The maximum Gasteiger partial charge on any atom is 0.276 e. The lowest BCUT2D eigenvalue weighted by Gasteiger charge is -2.17. The topological polar surface area (TPSA) is 75.5 Å². The molecule has 7 nitrogen and oxygen atoms in total. The van der Waals surface area contributed by atoms with E-state index in [9.17, 15) is 4.79 Å². The molecule has 0 bridgehead atoms. The number of benzene rings is 1. The lowest BCUT2D eigenvalue weighted by atomic mass is 9.97. The predicted octanol–water partition coefficient (Wildman–Crippen LogP) is 5.84. The van der Waals surface area contributed by atoms with Gasteiger partial charge in [0.1, 0.15) is 11.6 Å². The molecule has 0 aliphatic carbocycles. The Morgan fingerprint density at radius 1 is 1.19 bits per heavy atom. The standard InChI is InChI=1S/C23H31N5O2.C3H7Cl.C2H6/c1-4-18(10-11-30-3)22-24-12-20-23(29)25-21(26-28(20)22)19-15-27(13-16(19)2)14-17-8-6-5-7-9-17;1-3(2)4;1-2/h5-9,12,16,18-19H,4,10-11,13-15H2,1-3H3,(H,25,26,29);3H,1-2H3;1-2H3. The van der Waals surface area contributed by atoms with Crippen LogP contribution in [0.25, 0.3) is 5.52 Å². The molecule has 0 amide bonds. The van der Waals surface area contributed by atoms with Crippen LogP contribution in [0.4, 0.5) is 0 Å². The summed E-state index contributed by atoms with van der Waals surface area (Å²) >= 11 is 5.27. The number of H-pyrrole nitrogens is 1. The molecule has 200 valence electrons. The Morgan fingerprint density at radius 3 is 2.47 bits per heavy atom. The van der Waals surface area contributed by atoms with Crippen molar-refractivity contribution >= 4 is 17.1 Å². The van der Waals surface area contributed by atoms with Crippen molar-refractivity contribution in [2.24, 2.45) is 5.92 Å². The molecular formula is C28H44ClN5O2. The zero-order valence-electron chi connectivity index (χ0n) is 23.0. The van der Waals surface area contributed by atoms with Crippen molar-refractivity contribution in [1.82, 2.24) is 24.5 Å². The number of hydrogen-bond acceptors (Lipinski definition) is 5. The zero-order chi connectivity index (χ0) is 26.7. The van der Waals surface area contributed by atoms with Crippen LogP contribution in [0.1, 0.15) is 83.4 Å². The van der Waals surface area contributed by atoms with Crippen LogP contribution in [-0.4, -0.2) is 56.7 Å². The van der Waals surface area contributed by atoms with Gasteiger partial charge in [0.2, 0.25) is 0 Å². The van der Waals surface area contributed by atoms with Gasteiger partial charge in [0.05, 0.1) is 6.20 Å². The number of alkyl halides is 1. The van der Waals surface area contributed by atoms with Crippen molar-refractivity contribution in [2.45, 2.75) is 78.1 Å². The largest absolute Gasteiger partial charge is 0.385 e. The first-order valence-electron chi connectivity index (χ1n) is 13.2. The maximum absolute atomic E-state index is 12.8. The van der Waals surface area contributed by atoms with E-state index in [1.807, 2.05) is 33.8 Å². The Balaban J connectivity index is 0.000000694. The van der Waals surface area contributed by atoms with Gasteiger partial charge in [-0.25, -0.2) is 9.50 Å². The van der Waals surface area contributed by atoms with Gasteiger partial charge in [-0.15, -0.1) is 11.6 Å². The molecule has 2 aromatic heterocycles. The van der Waals surface area contributed by atoms with Crippen LogP contribution in [0.5, 0.6) is 0 Å². The Kier molecular flexibility index (Phi) is 12.6. The quantitative estimate of drug-likeness (QED) is 0.380. The minimum Gasteiger partial charge on any atom is -0.385 e. The summed E-state index contributed by atoms with van der Waals surface area (Å²) in [5, 5.41) is 5.18. The Labute approximate surface area is 221 Å². The SMILES string of the molecule is CC.CC(C)Cl.CCC(CCOC)c1ncc2c(=O)[nH]c(C3CN(Cc4ccccc4)CC3C)nn12. The van der Waals surface area contributed by atoms with Crippen molar-refractivity contribution in [1.29, 1.82) is 0 Å². The lowest BCUT2D eigenvalue weighted by molar-refractivity contribution is 0.185. The van der Waals surface area contributed by atoms with E-state index in [1.165, 1.54) is 5.56 Å². The Hall–Kier alpha value is -2.22. The molecule has 8 heteroatoms. The van der Waals surface area contributed by atoms with Gasteiger partial charge in [0.25, 0.3) is 5.56 Å². The third-order valence-corrected chi connectivity index (χ3v) is 6.26. The average molecular weight is 518 g/mol. The van der Waals surface area contributed by atoms with Crippen LogP contribution in [0.3, 0.4) is 0 Å². The number of halogens is 1. The van der Waals surface area contributed by atoms with E-state index >= 15 is 0 Å². The molecule has 3 heterocycles. The monoisotopic (exact) mass is 517 g/mol. The zero-order valence-corrected chi connectivity index (χ0v) is 23.8. The summed E-state index contributed by atoms with van der Waals surface area (Å²) in [7, 11) is 1.71. The molecule has 3 atom stereocenters. The molecule has 3 unspecified atom stereocenters. The number of nitrogens with one attached hydrogen (secondary N) is 1. The molecule has 0 radical (unpaired) electrons. The van der Waals surface area contributed by atoms with E-state index in [-0.39, 0.29) is 17.4 Å². The summed E-state index contributed by atoms with van der Waals surface area (Å²) in [6.07, 6.45) is 3.43. The van der Waals surface area contributed by atoms with Crippen molar-refractivity contribution in [3.63, 3.8) is 0 Å². The van der Waals surface area contributed by atoms with Crippen molar-refractivity contribution in [3.05, 3.63) is 64.1 Å². The number of rotatable bonds is 8. The van der Waals surface area contributed by atoms with E-state index < -0.39 is 0 Å². The van der Waals surface area contributed by atoms with Gasteiger partial charge in [-0.3, -0.25) is 9.69 Å². The minimum absolute atomic E-state index is 0.117. The summed E-state index contributed by atoms with van der Waals surface area (Å²) in [5.74, 6) is 2.43. The molecule has 0 saturated carbocycles.